The van der Waals surface area contributed by atoms with Crippen LogP contribution in [-0.2, 0) is 14.3 Å². The van der Waals surface area contributed by atoms with Gasteiger partial charge in [-0.2, -0.15) is 0 Å². The van der Waals surface area contributed by atoms with E-state index in [4.69, 9.17) is 9.47 Å². The molecule has 0 amide bonds. The normalized spacial score (nSPS) is 21.1. The number of methoxy groups -OCH3 is 2. The Bertz CT molecular complexity index is 1030. The van der Waals surface area contributed by atoms with Crippen LogP contribution in [-0.4, -0.2) is 26.0 Å². The molecule has 2 aliphatic rings. The zero-order valence-corrected chi connectivity index (χ0v) is 17.4. The number of ether oxygens (including phenoxy) is 2. The lowest BCUT2D eigenvalue weighted by Gasteiger charge is -2.36. The van der Waals surface area contributed by atoms with Crippen LogP contribution in [0.3, 0.4) is 0 Å². The maximum absolute atomic E-state index is 13.4. The SMILES string of the molecule is COC(=O)C1=C(C)NC2=C(C(=O)CC(c3ccc(OC)cc3)C2)C1c1ccccc1. The number of ketones is 1. The van der Waals surface area contributed by atoms with Crippen LogP contribution in [0.2, 0.25) is 0 Å². The van der Waals surface area contributed by atoms with E-state index in [9.17, 15) is 9.59 Å². The number of rotatable bonds is 4. The number of hydrogen-bond donors (Lipinski definition) is 1. The van der Waals surface area contributed by atoms with Crippen LogP contribution in [0.15, 0.2) is 77.1 Å². The third kappa shape index (κ3) is 3.52. The fourth-order valence-electron chi connectivity index (χ4n) is 4.51. The van der Waals surface area contributed by atoms with Crippen LogP contribution in [0, 0.1) is 0 Å². The summed E-state index contributed by atoms with van der Waals surface area (Å²) in [5.74, 6) is 0.109. The highest BCUT2D eigenvalue weighted by atomic mass is 16.5. The molecule has 1 heterocycles. The van der Waals surface area contributed by atoms with Gasteiger partial charge in [0.2, 0.25) is 0 Å². The van der Waals surface area contributed by atoms with Gasteiger partial charge in [0.15, 0.2) is 5.78 Å². The minimum Gasteiger partial charge on any atom is -0.497 e. The van der Waals surface area contributed by atoms with Crippen LogP contribution < -0.4 is 10.1 Å². The van der Waals surface area contributed by atoms with Gasteiger partial charge in [-0.15, -0.1) is 0 Å². The lowest BCUT2D eigenvalue weighted by Crippen LogP contribution is -2.36. The molecule has 5 nitrogen and oxygen atoms in total. The maximum atomic E-state index is 13.4. The van der Waals surface area contributed by atoms with Crippen molar-refractivity contribution >= 4 is 11.8 Å². The number of Topliss-reactive ketones (excluding diaryl/α,β-unsaturated/α-hetero) is 1. The molecule has 0 bridgehead atoms. The van der Waals surface area contributed by atoms with E-state index in [1.54, 1.807) is 7.11 Å². The van der Waals surface area contributed by atoms with Crippen molar-refractivity contribution in [2.75, 3.05) is 14.2 Å². The number of carbonyl (C=O) groups excluding carboxylic acids is 2. The number of nitrogens with one attached hydrogen (secondary N) is 1. The Morgan fingerprint density at radius 2 is 1.67 bits per heavy atom. The first-order valence-corrected chi connectivity index (χ1v) is 10.0. The average molecular weight is 403 g/mol. The van der Waals surface area contributed by atoms with E-state index in [0.717, 1.165) is 28.3 Å². The van der Waals surface area contributed by atoms with E-state index >= 15 is 0 Å². The summed E-state index contributed by atoms with van der Waals surface area (Å²) < 4.78 is 10.3. The van der Waals surface area contributed by atoms with E-state index < -0.39 is 11.9 Å². The molecule has 0 saturated heterocycles. The quantitative estimate of drug-likeness (QED) is 0.774. The van der Waals surface area contributed by atoms with E-state index in [-0.39, 0.29) is 11.7 Å². The molecular formula is C25H25NO4. The van der Waals surface area contributed by atoms with Crippen molar-refractivity contribution in [3.63, 3.8) is 0 Å². The minimum atomic E-state index is -0.417. The zero-order valence-electron chi connectivity index (χ0n) is 17.4. The monoisotopic (exact) mass is 403 g/mol. The van der Waals surface area contributed by atoms with Crippen LogP contribution in [0.4, 0.5) is 0 Å². The predicted molar refractivity (Wildman–Crippen MR) is 114 cm³/mol. The average Bonchev–Trinajstić information content (AvgIpc) is 2.78. The van der Waals surface area contributed by atoms with Crippen molar-refractivity contribution in [2.24, 2.45) is 0 Å². The summed E-state index contributed by atoms with van der Waals surface area (Å²) in [5, 5.41) is 3.35. The van der Waals surface area contributed by atoms with Crippen molar-refractivity contribution < 1.29 is 19.1 Å². The summed E-state index contributed by atoms with van der Waals surface area (Å²) in [4.78, 5) is 26.0. The Morgan fingerprint density at radius 3 is 2.30 bits per heavy atom. The van der Waals surface area contributed by atoms with Crippen molar-refractivity contribution in [2.45, 2.75) is 31.6 Å². The smallest absolute Gasteiger partial charge is 0.336 e. The zero-order chi connectivity index (χ0) is 21.3. The number of esters is 1. The van der Waals surface area contributed by atoms with Gasteiger partial charge >= 0.3 is 5.97 Å². The number of hydrogen-bond acceptors (Lipinski definition) is 5. The second-order valence-corrected chi connectivity index (χ2v) is 7.69. The Kier molecular flexibility index (Phi) is 5.44. The molecule has 2 aromatic carbocycles. The van der Waals surface area contributed by atoms with Gasteiger partial charge in [0.25, 0.3) is 0 Å². The summed E-state index contributed by atoms with van der Waals surface area (Å²) in [6.45, 7) is 1.87. The molecule has 2 aromatic rings. The summed E-state index contributed by atoms with van der Waals surface area (Å²) >= 11 is 0. The Labute approximate surface area is 176 Å². The molecule has 2 atom stereocenters. The first kappa shape index (κ1) is 20.0. The Balaban J connectivity index is 1.76. The third-order valence-corrected chi connectivity index (χ3v) is 5.95. The molecule has 4 rings (SSSR count). The van der Waals surface area contributed by atoms with Crippen LogP contribution >= 0.6 is 0 Å². The maximum Gasteiger partial charge on any atom is 0.336 e. The van der Waals surface area contributed by atoms with Gasteiger partial charge < -0.3 is 14.8 Å². The molecule has 0 saturated carbocycles. The van der Waals surface area contributed by atoms with Gasteiger partial charge in [-0.25, -0.2) is 4.79 Å². The molecule has 1 aliphatic heterocycles. The predicted octanol–water partition coefficient (Wildman–Crippen LogP) is 4.23. The first-order valence-electron chi connectivity index (χ1n) is 10.0. The number of allylic oxidation sites excluding steroid dienone is 3. The summed E-state index contributed by atoms with van der Waals surface area (Å²) in [6.07, 6.45) is 1.12. The fourth-order valence-corrected chi connectivity index (χ4v) is 4.51. The number of dihydropyridines is 1. The highest BCUT2D eigenvalue weighted by molar-refractivity contribution is 6.04. The standard InChI is InChI=1S/C25H25NO4/c1-15-22(25(28)30-3)23(17-7-5-4-6-8-17)24-20(26-15)13-18(14-21(24)27)16-9-11-19(29-2)12-10-16/h4-12,18,23,26H,13-14H2,1-3H3. The van der Waals surface area contributed by atoms with E-state index in [1.807, 2.05) is 61.5 Å². The molecule has 154 valence electrons. The largest absolute Gasteiger partial charge is 0.497 e. The van der Waals surface area contributed by atoms with Gasteiger partial charge in [-0.3, -0.25) is 4.79 Å². The lowest BCUT2D eigenvalue weighted by molar-refractivity contribution is -0.136. The van der Waals surface area contributed by atoms with Crippen molar-refractivity contribution in [3.05, 3.63) is 88.3 Å². The van der Waals surface area contributed by atoms with Crippen molar-refractivity contribution in [1.82, 2.24) is 5.32 Å². The number of benzene rings is 2. The first-order chi connectivity index (χ1) is 14.5. The fraction of sp³-hybridized carbons (Fsp3) is 0.280. The van der Waals surface area contributed by atoms with Crippen molar-refractivity contribution in [1.29, 1.82) is 0 Å². The molecule has 1 N–H and O–H groups in total. The van der Waals surface area contributed by atoms with Crippen molar-refractivity contribution in [3.8, 4) is 5.75 Å². The molecular weight excluding hydrogens is 378 g/mol. The minimum absolute atomic E-state index is 0.0623. The molecule has 5 heteroatoms. The Hall–Kier alpha value is -3.34. The summed E-state index contributed by atoms with van der Waals surface area (Å²) in [6, 6.07) is 17.6. The van der Waals surface area contributed by atoms with Gasteiger partial charge in [-0.05, 0) is 42.5 Å². The molecule has 2 unspecified atom stereocenters. The molecule has 0 aromatic heterocycles. The Morgan fingerprint density at radius 1 is 0.967 bits per heavy atom. The lowest BCUT2D eigenvalue weighted by atomic mass is 9.72. The molecule has 30 heavy (non-hydrogen) atoms. The van der Waals surface area contributed by atoms with Crippen LogP contribution in [0.5, 0.6) is 5.75 Å². The third-order valence-electron chi connectivity index (χ3n) is 5.95. The molecule has 0 fully saturated rings. The highest BCUT2D eigenvalue weighted by Crippen LogP contribution is 2.45. The van der Waals surface area contributed by atoms with E-state index in [2.05, 4.69) is 5.32 Å². The second-order valence-electron chi connectivity index (χ2n) is 7.69. The topological polar surface area (TPSA) is 64.6 Å². The van der Waals surface area contributed by atoms with Crippen LogP contribution in [0.1, 0.15) is 42.7 Å². The van der Waals surface area contributed by atoms with E-state index in [1.165, 1.54) is 7.11 Å². The van der Waals surface area contributed by atoms with E-state index in [0.29, 0.717) is 24.0 Å². The van der Waals surface area contributed by atoms with Gasteiger partial charge in [-0.1, -0.05) is 42.5 Å². The van der Waals surface area contributed by atoms with Crippen LogP contribution in [0.25, 0.3) is 0 Å². The highest BCUT2D eigenvalue weighted by Gasteiger charge is 2.41. The summed E-state index contributed by atoms with van der Waals surface area (Å²) in [7, 11) is 3.01. The van der Waals surface area contributed by atoms with Gasteiger partial charge in [0.1, 0.15) is 5.75 Å². The molecule has 0 spiro atoms. The second kappa shape index (κ2) is 8.19. The van der Waals surface area contributed by atoms with Gasteiger partial charge in [0, 0.05) is 29.3 Å². The number of carbonyl (C=O) groups is 2. The molecule has 1 aliphatic carbocycles. The molecule has 0 radical (unpaired) electrons. The summed E-state index contributed by atoms with van der Waals surface area (Å²) in [5.41, 5.74) is 4.83. The van der Waals surface area contributed by atoms with Gasteiger partial charge in [0.05, 0.1) is 19.8 Å².